The highest BCUT2D eigenvalue weighted by Gasteiger charge is 2.31. The molecule has 7 nitrogen and oxygen atoms in total. The van der Waals surface area contributed by atoms with Crippen molar-refractivity contribution in [3.05, 3.63) is 36.2 Å². The van der Waals surface area contributed by atoms with Crippen molar-refractivity contribution in [2.24, 2.45) is 5.84 Å². The average Bonchev–Trinajstić information content (AvgIpc) is 2.91. The van der Waals surface area contributed by atoms with Crippen LogP contribution in [0, 0.1) is 6.92 Å². The van der Waals surface area contributed by atoms with Crippen molar-refractivity contribution in [3.8, 4) is 17.1 Å². The van der Waals surface area contributed by atoms with Crippen LogP contribution in [-0.4, -0.2) is 27.0 Å². The molecule has 0 atom stereocenters. The fourth-order valence-electron chi connectivity index (χ4n) is 1.74. The van der Waals surface area contributed by atoms with Crippen molar-refractivity contribution >= 4 is 12.1 Å². The number of ether oxygens (including phenoxy) is 1. The molecular formula is C13H12F3N5O2. The second kappa shape index (κ2) is 6.48. The van der Waals surface area contributed by atoms with Crippen LogP contribution < -0.4 is 16.0 Å². The Labute approximate surface area is 128 Å². The van der Waals surface area contributed by atoms with Gasteiger partial charge in [0.25, 0.3) is 5.91 Å². The first-order valence-corrected chi connectivity index (χ1v) is 6.24. The first kappa shape index (κ1) is 16.5. The molecule has 2 rings (SSSR count). The predicted molar refractivity (Wildman–Crippen MR) is 74.5 cm³/mol. The number of hydrogen-bond acceptors (Lipinski definition) is 5. The smallest absolute Gasteiger partial charge is 0.406 e. The third kappa shape index (κ3) is 4.81. The Hall–Kier alpha value is -2.88. The highest BCUT2D eigenvalue weighted by Crippen LogP contribution is 2.28. The zero-order chi connectivity index (χ0) is 17.0. The van der Waals surface area contributed by atoms with Crippen molar-refractivity contribution in [3.63, 3.8) is 0 Å². The Kier molecular flexibility index (Phi) is 4.65. The largest absolute Gasteiger partial charge is 0.573 e. The van der Waals surface area contributed by atoms with Crippen LogP contribution in [0.1, 0.15) is 5.56 Å². The van der Waals surface area contributed by atoms with E-state index in [2.05, 4.69) is 14.8 Å². The Morgan fingerprint density at radius 3 is 2.78 bits per heavy atom. The predicted octanol–water partition coefficient (Wildman–Crippen LogP) is 1.61. The summed E-state index contributed by atoms with van der Waals surface area (Å²) < 4.78 is 42.0. The molecule has 23 heavy (non-hydrogen) atoms. The number of rotatable bonds is 4. The molecule has 1 aromatic carbocycles. The summed E-state index contributed by atoms with van der Waals surface area (Å²) in [4.78, 5) is 14.9. The van der Waals surface area contributed by atoms with Crippen molar-refractivity contribution < 1.29 is 22.7 Å². The van der Waals surface area contributed by atoms with Gasteiger partial charge in [0.15, 0.2) is 5.82 Å². The zero-order valence-corrected chi connectivity index (χ0v) is 11.8. The van der Waals surface area contributed by atoms with Gasteiger partial charge in [0, 0.05) is 17.8 Å². The molecule has 0 saturated heterocycles. The third-order valence-electron chi connectivity index (χ3n) is 2.57. The van der Waals surface area contributed by atoms with E-state index < -0.39 is 12.3 Å². The molecule has 0 radical (unpaired) electrons. The van der Waals surface area contributed by atoms with E-state index in [1.54, 1.807) is 13.0 Å². The summed E-state index contributed by atoms with van der Waals surface area (Å²) in [5.41, 5.74) is 2.80. The van der Waals surface area contributed by atoms with Crippen molar-refractivity contribution in [1.29, 1.82) is 0 Å². The minimum Gasteiger partial charge on any atom is -0.406 e. The Morgan fingerprint density at radius 2 is 2.13 bits per heavy atom. The highest BCUT2D eigenvalue weighted by atomic mass is 19.4. The molecule has 0 aliphatic carbocycles. The van der Waals surface area contributed by atoms with Gasteiger partial charge in [0.05, 0.1) is 0 Å². The molecule has 1 heterocycles. The molecule has 0 bridgehead atoms. The molecule has 1 aromatic heterocycles. The summed E-state index contributed by atoms with van der Waals surface area (Å²) in [6.07, 6.45) is -1.08. The van der Waals surface area contributed by atoms with Gasteiger partial charge in [0.2, 0.25) is 0 Å². The van der Waals surface area contributed by atoms with Gasteiger partial charge in [-0.05, 0) is 30.7 Å². The van der Waals surface area contributed by atoms with Crippen molar-refractivity contribution in [1.82, 2.24) is 20.2 Å². The summed E-state index contributed by atoms with van der Waals surface area (Å²) in [5.74, 6) is 4.19. The van der Waals surface area contributed by atoms with Gasteiger partial charge < -0.3 is 4.74 Å². The van der Waals surface area contributed by atoms with Crippen LogP contribution in [0.15, 0.2) is 30.6 Å². The zero-order valence-electron chi connectivity index (χ0n) is 11.8. The van der Waals surface area contributed by atoms with E-state index in [-0.39, 0.29) is 11.6 Å². The number of hydrogen-bond donors (Lipinski definition) is 2. The van der Waals surface area contributed by atoms with E-state index in [1.165, 1.54) is 29.3 Å². The minimum absolute atomic E-state index is 0.179. The average molecular weight is 327 g/mol. The molecule has 0 aliphatic rings. The van der Waals surface area contributed by atoms with Gasteiger partial charge in [-0.15, -0.1) is 18.3 Å². The maximum atomic E-state index is 12.3. The number of aromatic nitrogens is 3. The third-order valence-corrected chi connectivity index (χ3v) is 2.57. The van der Waals surface area contributed by atoms with Crippen LogP contribution in [0.5, 0.6) is 5.75 Å². The summed E-state index contributed by atoms with van der Waals surface area (Å²) >= 11 is 0. The van der Waals surface area contributed by atoms with E-state index in [0.29, 0.717) is 11.1 Å². The number of carbonyl (C=O) groups is 1. The summed E-state index contributed by atoms with van der Waals surface area (Å²) in [7, 11) is 0. The number of benzene rings is 1. The fraction of sp³-hybridized carbons (Fsp3) is 0.154. The second-order valence-electron chi connectivity index (χ2n) is 4.46. The maximum Gasteiger partial charge on any atom is 0.573 e. The lowest BCUT2D eigenvalue weighted by Gasteiger charge is -2.10. The first-order chi connectivity index (χ1) is 10.8. The van der Waals surface area contributed by atoms with Crippen LogP contribution in [-0.2, 0) is 4.79 Å². The highest BCUT2D eigenvalue weighted by molar-refractivity contribution is 5.89. The molecule has 0 aliphatic heterocycles. The van der Waals surface area contributed by atoms with Crippen LogP contribution >= 0.6 is 0 Å². The quantitative estimate of drug-likeness (QED) is 0.385. The van der Waals surface area contributed by atoms with E-state index in [4.69, 9.17) is 5.84 Å². The molecule has 2 aromatic rings. The number of amides is 1. The van der Waals surface area contributed by atoms with Gasteiger partial charge in [-0.2, -0.15) is 0 Å². The van der Waals surface area contributed by atoms with Crippen LogP contribution in [0.2, 0.25) is 0 Å². The number of aryl methyl sites for hydroxylation is 1. The van der Waals surface area contributed by atoms with Gasteiger partial charge in [0.1, 0.15) is 12.1 Å². The lowest BCUT2D eigenvalue weighted by molar-refractivity contribution is -0.274. The maximum absolute atomic E-state index is 12.3. The Morgan fingerprint density at radius 1 is 1.39 bits per heavy atom. The molecule has 1 amide bonds. The number of nitrogens with two attached hydrogens (primary N) is 1. The van der Waals surface area contributed by atoms with E-state index >= 15 is 0 Å². The number of halogens is 3. The van der Waals surface area contributed by atoms with E-state index in [1.807, 2.05) is 5.43 Å². The SMILES string of the molecule is Cc1cc(OC(F)(F)F)cc(-c2ncn(/C=C\C(=O)NN)n2)c1. The van der Waals surface area contributed by atoms with Crippen molar-refractivity contribution in [2.45, 2.75) is 13.3 Å². The fourth-order valence-corrected chi connectivity index (χ4v) is 1.74. The second-order valence-corrected chi connectivity index (χ2v) is 4.46. The molecule has 0 spiro atoms. The normalized spacial score (nSPS) is 11.7. The molecule has 0 fully saturated rings. The summed E-state index contributed by atoms with van der Waals surface area (Å²) in [6.45, 7) is 1.62. The monoisotopic (exact) mass is 327 g/mol. The van der Waals surface area contributed by atoms with E-state index in [9.17, 15) is 18.0 Å². The number of alkyl halides is 3. The Balaban J connectivity index is 2.27. The van der Waals surface area contributed by atoms with Crippen LogP contribution in [0.4, 0.5) is 13.2 Å². The molecule has 3 N–H and O–H groups in total. The number of hydrazine groups is 1. The molecule has 0 saturated carbocycles. The molecule has 0 unspecified atom stereocenters. The standard InChI is InChI=1S/C13H12F3N5O2/c1-8-4-9(6-10(5-8)23-13(14,15)16)12-18-7-21(20-12)3-2-11(22)19-17/h2-7H,17H2,1H3,(H,19,22)/b3-2-. The van der Waals surface area contributed by atoms with Gasteiger partial charge in [-0.25, -0.2) is 15.5 Å². The number of nitrogens with zero attached hydrogens (tertiary/aromatic N) is 3. The van der Waals surface area contributed by atoms with Crippen molar-refractivity contribution in [2.75, 3.05) is 0 Å². The molecule has 10 heteroatoms. The minimum atomic E-state index is -4.78. The van der Waals surface area contributed by atoms with Gasteiger partial charge in [-0.3, -0.25) is 10.2 Å². The van der Waals surface area contributed by atoms with Crippen LogP contribution in [0.25, 0.3) is 17.6 Å². The van der Waals surface area contributed by atoms with E-state index in [0.717, 1.165) is 6.08 Å². The topological polar surface area (TPSA) is 95.1 Å². The number of nitrogens with one attached hydrogen (secondary N) is 1. The van der Waals surface area contributed by atoms with Gasteiger partial charge >= 0.3 is 6.36 Å². The molecule has 122 valence electrons. The molecular weight excluding hydrogens is 315 g/mol. The van der Waals surface area contributed by atoms with Crippen LogP contribution in [0.3, 0.4) is 0 Å². The summed E-state index contributed by atoms with van der Waals surface area (Å²) in [6, 6.07) is 4.04. The number of carbonyl (C=O) groups excluding carboxylic acids is 1. The first-order valence-electron chi connectivity index (χ1n) is 6.24. The Bertz CT molecular complexity index is 739. The van der Waals surface area contributed by atoms with Gasteiger partial charge in [-0.1, -0.05) is 0 Å². The lowest BCUT2D eigenvalue weighted by atomic mass is 10.1. The summed E-state index contributed by atoms with van der Waals surface area (Å²) in [5, 5.41) is 4.03. The lowest BCUT2D eigenvalue weighted by Crippen LogP contribution is -2.28.